The van der Waals surface area contributed by atoms with Gasteiger partial charge in [0.05, 0.1) is 15.7 Å². The highest BCUT2D eigenvalue weighted by atomic mass is 35.5. The summed E-state index contributed by atoms with van der Waals surface area (Å²) in [6, 6.07) is 2.81. The number of nitrogens with zero attached hydrogens (tertiary/aromatic N) is 1. The molecule has 0 aromatic heterocycles. The van der Waals surface area contributed by atoms with E-state index in [0.717, 1.165) is 0 Å². The summed E-state index contributed by atoms with van der Waals surface area (Å²) in [6.45, 7) is 5.62. The molecule has 0 spiro atoms. The van der Waals surface area contributed by atoms with Crippen LogP contribution in [0.5, 0.6) is 0 Å². The van der Waals surface area contributed by atoms with Crippen LogP contribution in [0.1, 0.15) is 20.8 Å². The van der Waals surface area contributed by atoms with Gasteiger partial charge in [-0.1, -0.05) is 44.0 Å². The van der Waals surface area contributed by atoms with Gasteiger partial charge in [-0.25, -0.2) is 0 Å². The number of anilines is 1. The van der Waals surface area contributed by atoms with Crippen LogP contribution in [-0.2, 0) is 10.0 Å². The van der Waals surface area contributed by atoms with E-state index in [1.165, 1.54) is 12.1 Å². The lowest BCUT2D eigenvalue weighted by Crippen LogP contribution is -2.32. The maximum Gasteiger partial charge on any atom is 0.286 e. The minimum atomic E-state index is -3.73. The molecule has 1 aromatic rings. The fourth-order valence-electron chi connectivity index (χ4n) is 1.48. The first-order valence-electron chi connectivity index (χ1n) is 5.23. The maximum absolute atomic E-state index is 12.1. The number of sulfonamides is 1. The summed E-state index contributed by atoms with van der Waals surface area (Å²) in [5.74, 6) is 0.383. The average molecular weight is 307 g/mol. The molecule has 1 aliphatic heterocycles. The number of halogens is 2. The van der Waals surface area contributed by atoms with Crippen LogP contribution in [0.25, 0.3) is 0 Å². The van der Waals surface area contributed by atoms with Gasteiger partial charge in [0.25, 0.3) is 10.0 Å². The molecular formula is C11H12Cl2N2O2S. The van der Waals surface area contributed by atoms with Gasteiger partial charge in [0, 0.05) is 5.41 Å². The molecule has 0 amide bonds. The molecule has 0 saturated carbocycles. The summed E-state index contributed by atoms with van der Waals surface area (Å²) in [6.07, 6.45) is 0. The maximum atomic E-state index is 12.1. The predicted octanol–water partition coefficient (Wildman–Crippen LogP) is 3.55. The summed E-state index contributed by atoms with van der Waals surface area (Å²) in [4.78, 5) is 0.0462. The van der Waals surface area contributed by atoms with Crippen molar-refractivity contribution in [1.29, 1.82) is 0 Å². The monoisotopic (exact) mass is 306 g/mol. The van der Waals surface area contributed by atoms with Gasteiger partial charge in [0.2, 0.25) is 0 Å². The second kappa shape index (κ2) is 4.11. The molecule has 0 unspecified atom stereocenters. The second-order valence-electron chi connectivity index (χ2n) is 5.05. The fraction of sp³-hybridized carbons (Fsp3) is 0.364. The van der Waals surface area contributed by atoms with Crippen molar-refractivity contribution in [2.45, 2.75) is 25.7 Å². The Hall–Kier alpha value is -0.780. The van der Waals surface area contributed by atoms with Crippen LogP contribution in [0.2, 0.25) is 10.0 Å². The molecule has 0 radical (unpaired) electrons. The highest BCUT2D eigenvalue weighted by Crippen LogP contribution is 2.36. The highest BCUT2D eigenvalue weighted by Gasteiger charge is 2.31. The Balaban J connectivity index is 2.67. The Labute approximate surface area is 116 Å². The predicted molar refractivity (Wildman–Crippen MR) is 74.2 cm³/mol. The molecule has 98 valence electrons. The summed E-state index contributed by atoms with van der Waals surface area (Å²) in [7, 11) is -3.73. The fourth-order valence-corrected chi connectivity index (χ4v) is 3.19. The molecule has 7 heteroatoms. The van der Waals surface area contributed by atoms with E-state index < -0.39 is 15.4 Å². The zero-order chi connectivity index (χ0) is 13.7. The topological polar surface area (TPSA) is 58.5 Å². The lowest BCUT2D eigenvalue weighted by molar-refractivity contribution is 0.578. The van der Waals surface area contributed by atoms with Gasteiger partial charge in [0.15, 0.2) is 0 Å². The van der Waals surface area contributed by atoms with Gasteiger partial charge in [-0.3, -0.25) is 0 Å². The average Bonchev–Trinajstić information content (AvgIpc) is 2.19. The number of rotatable bonds is 0. The van der Waals surface area contributed by atoms with Crippen LogP contribution in [0.3, 0.4) is 0 Å². The zero-order valence-electron chi connectivity index (χ0n) is 10.1. The van der Waals surface area contributed by atoms with Crippen molar-refractivity contribution in [3.8, 4) is 0 Å². The lowest BCUT2D eigenvalue weighted by atomic mass is 9.95. The van der Waals surface area contributed by atoms with Crippen LogP contribution < -0.4 is 5.32 Å². The van der Waals surface area contributed by atoms with Gasteiger partial charge >= 0.3 is 0 Å². The molecule has 0 bridgehead atoms. The number of benzene rings is 1. The Morgan fingerprint density at radius 1 is 1.17 bits per heavy atom. The normalized spacial score (nSPS) is 17.7. The van der Waals surface area contributed by atoms with E-state index in [1.54, 1.807) is 0 Å². The van der Waals surface area contributed by atoms with E-state index in [9.17, 15) is 8.42 Å². The molecule has 18 heavy (non-hydrogen) atoms. The summed E-state index contributed by atoms with van der Waals surface area (Å²) in [5, 5.41) is 3.48. The number of fused-ring (bicyclic) bond motifs is 1. The summed E-state index contributed by atoms with van der Waals surface area (Å²) in [5.41, 5.74) is 0.000902. The summed E-state index contributed by atoms with van der Waals surface area (Å²) >= 11 is 11.7. The Kier molecular flexibility index (Phi) is 3.12. The molecule has 4 nitrogen and oxygen atoms in total. The molecule has 1 aliphatic rings. The van der Waals surface area contributed by atoms with Crippen LogP contribution in [-0.4, -0.2) is 14.3 Å². The van der Waals surface area contributed by atoms with Crippen molar-refractivity contribution in [3.63, 3.8) is 0 Å². The molecule has 0 fully saturated rings. The number of hydrogen-bond donors (Lipinski definition) is 1. The SMILES string of the molecule is CC(C)(C)C1=NS(=O)(=O)c2cc(Cl)c(Cl)cc2N1. The zero-order valence-corrected chi connectivity index (χ0v) is 12.4. The van der Waals surface area contributed by atoms with Gasteiger partial charge in [-0.05, 0) is 12.1 Å². The van der Waals surface area contributed by atoms with Crippen LogP contribution >= 0.6 is 23.2 Å². The van der Waals surface area contributed by atoms with Crippen LogP contribution in [0.15, 0.2) is 21.4 Å². The first-order chi connectivity index (χ1) is 8.11. The van der Waals surface area contributed by atoms with Gasteiger partial charge < -0.3 is 5.32 Å². The van der Waals surface area contributed by atoms with Crippen LogP contribution in [0.4, 0.5) is 5.69 Å². The van der Waals surface area contributed by atoms with Crippen molar-refractivity contribution < 1.29 is 8.42 Å². The van der Waals surface area contributed by atoms with Crippen molar-refractivity contribution in [1.82, 2.24) is 0 Å². The third-order valence-corrected chi connectivity index (χ3v) is 4.51. The van der Waals surface area contributed by atoms with Gasteiger partial charge in [-0.15, -0.1) is 4.40 Å². The third kappa shape index (κ3) is 2.35. The van der Waals surface area contributed by atoms with E-state index in [2.05, 4.69) is 9.71 Å². The van der Waals surface area contributed by atoms with E-state index in [1.807, 2.05) is 20.8 Å². The molecule has 0 aliphatic carbocycles. The second-order valence-corrected chi connectivity index (χ2v) is 7.44. The molecule has 0 atom stereocenters. The van der Waals surface area contributed by atoms with Crippen LogP contribution in [0, 0.1) is 5.41 Å². The smallest absolute Gasteiger partial charge is 0.286 e. The molecule has 1 N–H and O–H groups in total. The molecule has 0 saturated heterocycles. The van der Waals surface area contributed by atoms with Gasteiger partial charge in [-0.2, -0.15) is 8.42 Å². The van der Waals surface area contributed by atoms with Crippen molar-refractivity contribution in [3.05, 3.63) is 22.2 Å². The first-order valence-corrected chi connectivity index (χ1v) is 7.42. The van der Waals surface area contributed by atoms with Crippen molar-refractivity contribution >= 4 is 44.7 Å². The minimum absolute atomic E-state index is 0.0462. The van der Waals surface area contributed by atoms with E-state index in [0.29, 0.717) is 16.5 Å². The molecule has 2 rings (SSSR count). The molecule has 1 aromatic carbocycles. The lowest BCUT2D eigenvalue weighted by Gasteiger charge is -2.27. The Bertz CT molecular complexity index is 646. The van der Waals surface area contributed by atoms with E-state index >= 15 is 0 Å². The summed E-state index contributed by atoms with van der Waals surface area (Å²) < 4.78 is 27.9. The first kappa shape index (κ1) is 13.6. The standard InChI is InChI=1S/C11H12Cl2N2O2S/c1-11(2,3)10-14-8-4-6(12)7(13)5-9(8)18(16,17)15-10/h4-5H,1-3H3,(H,14,15). The van der Waals surface area contributed by atoms with Crippen molar-refractivity contribution in [2.75, 3.05) is 5.32 Å². The largest absolute Gasteiger partial charge is 0.341 e. The quantitative estimate of drug-likeness (QED) is 0.797. The van der Waals surface area contributed by atoms with Crippen molar-refractivity contribution in [2.24, 2.45) is 9.81 Å². The Morgan fingerprint density at radius 3 is 2.28 bits per heavy atom. The van der Waals surface area contributed by atoms with Gasteiger partial charge in [0.1, 0.15) is 10.7 Å². The Morgan fingerprint density at radius 2 is 1.72 bits per heavy atom. The number of hydrogen-bond acceptors (Lipinski definition) is 3. The molecular weight excluding hydrogens is 295 g/mol. The minimum Gasteiger partial charge on any atom is -0.341 e. The number of nitrogens with one attached hydrogen (secondary N) is 1. The van der Waals surface area contributed by atoms with E-state index in [-0.39, 0.29) is 9.92 Å². The number of amidine groups is 1. The third-order valence-electron chi connectivity index (χ3n) is 2.48. The van der Waals surface area contributed by atoms with E-state index in [4.69, 9.17) is 23.2 Å². The highest BCUT2D eigenvalue weighted by molar-refractivity contribution is 7.90. The molecule has 1 heterocycles.